The van der Waals surface area contributed by atoms with E-state index < -0.39 is 9.05 Å². The van der Waals surface area contributed by atoms with Gasteiger partial charge >= 0.3 is 0 Å². The fraction of sp³-hybridized carbons (Fsp3) is 1.00. The molecule has 0 amide bonds. The van der Waals surface area contributed by atoms with Crippen LogP contribution in [0.15, 0.2) is 0 Å². The predicted octanol–water partition coefficient (Wildman–Crippen LogP) is 1.62. The molecule has 78 valence electrons. The Hall–Kier alpha value is 0.200. The predicted molar refractivity (Wildman–Crippen MR) is 52.3 cm³/mol. The number of hydrogen-bond acceptors (Lipinski definition) is 3. The fourth-order valence-corrected chi connectivity index (χ4v) is 2.78. The van der Waals surface area contributed by atoms with Gasteiger partial charge in [0.1, 0.15) is 0 Å². The molecule has 5 heteroatoms. The maximum absolute atomic E-state index is 10.8. The summed E-state index contributed by atoms with van der Waals surface area (Å²) in [6.45, 7) is 3.05. The highest BCUT2D eigenvalue weighted by Crippen LogP contribution is 2.38. The molecule has 1 fully saturated rings. The fourth-order valence-electron chi connectivity index (χ4n) is 1.41. The quantitative estimate of drug-likeness (QED) is 0.647. The summed E-state index contributed by atoms with van der Waals surface area (Å²) < 4.78 is 26.9. The molecule has 1 unspecified atom stereocenters. The first-order valence-corrected chi connectivity index (χ1v) is 7.01. The van der Waals surface area contributed by atoms with Crippen LogP contribution in [0.4, 0.5) is 0 Å². The third-order valence-corrected chi connectivity index (χ3v) is 3.44. The Morgan fingerprint density at radius 3 is 2.54 bits per heavy atom. The summed E-state index contributed by atoms with van der Waals surface area (Å²) in [5.74, 6) is 0.668. The smallest absolute Gasteiger partial charge is 0.232 e. The van der Waals surface area contributed by atoms with E-state index in [0.717, 1.165) is 12.8 Å². The molecule has 0 radical (unpaired) electrons. The van der Waals surface area contributed by atoms with Crippen LogP contribution in [0.1, 0.15) is 19.8 Å². The van der Waals surface area contributed by atoms with Crippen molar-refractivity contribution in [1.29, 1.82) is 0 Å². The van der Waals surface area contributed by atoms with E-state index in [1.807, 2.05) is 6.92 Å². The van der Waals surface area contributed by atoms with Gasteiger partial charge in [-0.25, -0.2) is 8.42 Å². The van der Waals surface area contributed by atoms with Crippen LogP contribution in [0, 0.1) is 11.8 Å². The summed E-state index contributed by atoms with van der Waals surface area (Å²) in [5, 5.41) is 0. The van der Waals surface area contributed by atoms with Crippen LogP contribution in [0.2, 0.25) is 0 Å². The van der Waals surface area contributed by atoms with Gasteiger partial charge in [-0.05, 0) is 25.7 Å². The zero-order valence-electron chi connectivity index (χ0n) is 7.70. The largest absolute Gasteiger partial charge is 0.381 e. The first-order valence-electron chi connectivity index (χ1n) is 4.53. The lowest BCUT2D eigenvalue weighted by molar-refractivity contribution is 0.110. The van der Waals surface area contributed by atoms with Gasteiger partial charge in [0.25, 0.3) is 0 Å². The van der Waals surface area contributed by atoms with Gasteiger partial charge in [0, 0.05) is 23.2 Å². The topological polar surface area (TPSA) is 43.4 Å². The van der Waals surface area contributed by atoms with E-state index in [0.29, 0.717) is 19.1 Å². The van der Waals surface area contributed by atoms with Crippen LogP contribution in [0.3, 0.4) is 0 Å². The van der Waals surface area contributed by atoms with Crippen molar-refractivity contribution in [3.8, 4) is 0 Å². The number of hydrogen-bond donors (Lipinski definition) is 0. The Morgan fingerprint density at radius 1 is 1.54 bits per heavy atom. The Kier molecular flexibility index (Phi) is 4.01. The molecule has 1 saturated carbocycles. The van der Waals surface area contributed by atoms with Crippen molar-refractivity contribution >= 4 is 19.7 Å². The lowest BCUT2D eigenvalue weighted by Crippen LogP contribution is -2.19. The van der Waals surface area contributed by atoms with Gasteiger partial charge in [0.15, 0.2) is 0 Å². The summed E-state index contributed by atoms with van der Waals surface area (Å²) in [4.78, 5) is 0. The molecular weight excluding hydrogens is 212 g/mol. The van der Waals surface area contributed by atoms with Crippen LogP contribution in [-0.2, 0) is 13.8 Å². The van der Waals surface area contributed by atoms with E-state index in [9.17, 15) is 8.42 Å². The van der Waals surface area contributed by atoms with E-state index in [1.54, 1.807) is 0 Å². The first kappa shape index (κ1) is 11.3. The van der Waals surface area contributed by atoms with Gasteiger partial charge in [-0.15, -0.1) is 0 Å². The third kappa shape index (κ3) is 4.84. The highest BCUT2D eigenvalue weighted by molar-refractivity contribution is 8.13. The summed E-state index contributed by atoms with van der Waals surface area (Å²) in [6.07, 6.45) is 2.23. The van der Waals surface area contributed by atoms with Crippen molar-refractivity contribution in [1.82, 2.24) is 0 Å². The van der Waals surface area contributed by atoms with Crippen molar-refractivity contribution < 1.29 is 13.2 Å². The molecule has 13 heavy (non-hydrogen) atoms. The number of ether oxygens (including phenoxy) is 1. The lowest BCUT2D eigenvalue weighted by atomic mass is 10.1. The van der Waals surface area contributed by atoms with Gasteiger partial charge in [-0.2, -0.15) is 0 Å². The summed E-state index contributed by atoms with van der Waals surface area (Å²) in [7, 11) is 1.83. The van der Waals surface area contributed by atoms with Crippen molar-refractivity contribution in [2.24, 2.45) is 11.8 Å². The van der Waals surface area contributed by atoms with Crippen molar-refractivity contribution in [3.63, 3.8) is 0 Å². The zero-order chi connectivity index (χ0) is 9.90. The molecule has 1 rings (SSSR count). The minimum absolute atomic E-state index is 0.0548. The molecule has 0 aromatic heterocycles. The standard InChI is InChI=1S/C8H15ClO3S/c1-2-12-5-8(7-3-4-7)6-13(9,10)11/h7-8H,2-6H2,1H3. The molecule has 0 saturated heterocycles. The molecule has 3 nitrogen and oxygen atoms in total. The van der Waals surface area contributed by atoms with E-state index in [2.05, 4.69) is 0 Å². The van der Waals surface area contributed by atoms with Crippen LogP contribution in [0.5, 0.6) is 0 Å². The average Bonchev–Trinajstić information content (AvgIpc) is 2.77. The minimum atomic E-state index is -3.37. The average molecular weight is 227 g/mol. The van der Waals surface area contributed by atoms with E-state index in [1.165, 1.54) is 0 Å². The molecule has 0 aromatic rings. The Morgan fingerprint density at radius 2 is 2.15 bits per heavy atom. The van der Waals surface area contributed by atoms with Gasteiger partial charge in [0.05, 0.1) is 12.4 Å². The Labute approximate surface area is 83.8 Å². The second-order valence-corrected chi connectivity index (χ2v) is 6.28. The van der Waals surface area contributed by atoms with Crippen molar-refractivity contribution in [3.05, 3.63) is 0 Å². The molecule has 0 heterocycles. The highest BCUT2D eigenvalue weighted by atomic mass is 35.7. The van der Waals surface area contributed by atoms with Crippen LogP contribution in [-0.4, -0.2) is 27.4 Å². The molecular formula is C8H15ClO3S. The number of rotatable bonds is 6. The third-order valence-electron chi connectivity index (χ3n) is 2.24. The molecule has 1 aliphatic rings. The molecule has 0 aliphatic heterocycles. The summed E-state index contributed by atoms with van der Waals surface area (Å²) in [5.41, 5.74) is 0. The summed E-state index contributed by atoms with van der Waals surface area (Å²) >= 11 is 0. The monoisotopic (exact) mass is 226 g/mol. The van der Waals surface area contributed by atoms with Gasteiger partial charge in [-0.1, -0.05) is 0 Å². The number of halogens is 1. The van der Waals surface area contributed by atoms with Crippen molar-refractivity contribution in [2.75, 3.05) is 19.0 Å². The zero-order valence-corrected chi connectivity index (χ0v) is 9.27. The molecule has 0 bridgehead atoms. The van der Waals surface area contributed by atoms with Gasteiger partial charge in [-0.3, -0.25) is 0 Å². The Balaban J connectivity index is 2.38. The first-order chi connectivity index (χ1) is 6.03. The lowest BCUT2D eigenvalue weighted by Gasteiger charge is -2.13. The normalized spacial score (nSPS) is 20.2. The second kappa shape index (κ2) is 4.62. The maximum atomic E-state index is 10.8. The second-order valence-electron chi connectivity index (χ2n) is 3.46. The maximum Gasteiger partial charge on any atom is 0.232 e. The molecule has 1 aliphatic carbocycles. The molecule has 0 N–H and O–H groups in total. The van der Waals surface area contributed by atoms with Gasteiger partial charge < -0.3 is 4.74 Å². The SMILES string of the molecule is CCOCC(CS(=O)(=O)Cl)C1CC1. The Bertz CT molecular complexity index is 246. The highest BCUT2D eigenvalue weighted by Gasteiger charge is 2.33. The van der Waals surface area contributed by atoms with E-state index >= 15 is 0 Å². The molecule has 0 aromatic carbocycles. The van der Waals surface area contributed by atoms with E-state index in [4.69, 9.17) is 15.4 Å². The van der Waals surface area contributed by atoms with Crippen LogP contribution in [0.25, 0.3) is 0 Å². The van der Waals surface area contributed by atoms with Crippen molar-refractivity contribution in [2.45, 2.75) is 19.8 Å². The summed E-state index contributed by atoms with van der Waals surface area (Å²) in [6, 6.07) is 0. The van der Waals surface area contributed by atoms with Crippen LogP contribution >= 0.6 is 10.7 Å². The van der Waals surface area contributed by atoms with E-state index in [-0.39, 0.29) is 11.7 Å². The minimum Gasteiger partial charge on any atom is -0.381 e. The molecule has 1 atom stereocenters. The van der Waals surface area contributed by atoms with Gasteiger partial charge in [0.2, 0.25) is 9.05 Å². The van der Waals surface area contributed by atoms with Crippen LogP contribution < -0.4 is 0 Å². The molecule has 0 spiro atoms.